The van der Waals surface area contributed by atoms with Crippen LogP contribution in [0.25, 0.3) is 0 Å². The minimum Gasteiger partial charge on any atom is -0.467 e. The van der Waals surface area contributed by atoms with Gasteiger partial charge in [0.15, 0.2) is 0 Å². The third-order valence-electron chi connectivity index (χ3n) is 2.18. The fourth-order valence-electron chi connectivity index (χ4n) is 1.32. The predicted molar refractivity (Wildman–Crippen MR) is 66.3 cm³/mol. The zero-order chi connectivity index (χ0) is 15.9. The van der Waals surface area contributed by atoms with Crippen LogP contribution in [0.3, 0.4) is 0 Å². The van der Waals surface area contributed by atoms with E-state index >= 15 is 0 Å². The number of ether oxygens (including phenoxy) is 3. The molecule has 1 N–H and O–H groups in total. The molecule has 0 aliphatic carbocycles. The number of carbonyl (C=O) groups excluding carboxylic acids is 2. The van der Waals surface area contributed by atoms with E-state index in [0.717, 1.165) is 7.11 Å². The summed E-state index contributed by atoms with van der Waals surface area (Å²) in [5.41, 5.74) is -0.743. The molecule has 0 heterocycles. The minimum absolute atomic E-state index is 0.409. The average molecular weight is 297 g/mol. The van der Waals surface area contributed by atoms with Gasteiger partial charge in [-0.15, -0.1) is 0 Å². The van der Waals surface area contributed by atoms with Crippen molar-refractivity contribution in [3.05, 3.63) is 0 Å². The van der Waals surface area contributed by atoms with Crippen molar-refractivity contribution < 1.29 is 32.6 Å². The van der Waals surface area contributed by atoms with Crippen LogP contribution in [0, 0.1) is 5.92 Å². The van der Waals surface area contributed by atoms with Crippen molar-refractivity contribution >= 4 is 12.1 Å². The smallest absolute Gasteiger partial charge is 0.408 e. The molecule has 0 radical (unpaired) electrons. The van der Waals surface area contributed by atoms with Gasteiger partial charge in [-0.3, -0.25) is 0 Å². The van der Waals surface area contributed by atoms with E-state index in [1.165, 1.54) is 6.92 Å². The molecule has 0 bridgehead atoms. The average Bonchev–Trinajstić information content (AvgIpc) is 2.29. The van der Waals surface area contributed by atoms with Crippen LogP contribution in [0.2, 0.25) is 0 Å². The van der Waals surface area contributed by atoms with Gasteiger partial charge in [0.05, 0.1) is 13.7 Å². The largest absolute Gasteiger partial charge is 0.467 e. The summed E-state index contributed by atoms with van der Waals surface area (Å²) >= 11 is 0. The Balaban J connectivity index is 4.64. The highest BCUT2D eigenvalue weighted by atomic mass is 19.3. The number of hydrogen-bond donors (Lipinski definition) is 1. The molecule has 0 aromatic heterocycles. The Labute approximate surface area is 116 Å². The van der Waals surface area contributed by atoms with Crippen LogP contribution in [0.1, 0.15) is 27.7 Å². The Kier molecular flexibility index (Phi) is 7.41. The highest BCUT2D eigenvalue weighted by molar-refractivity contribution is 5.81. The number of alkyl halides is 2. The fraction of sp³-hybridized carbons (Fsp3) is 0.833. The molecule has 0 unspecified atom stereocenters. The van der Waals surface area contributed by atoms with Gasteiger partial charge in [-0.05, 0) is 20.8 Å². The molecule has 0 aliphatic heterocycles. The molecular weight excluding hydrogens is 276 g/mol. The molecule has 20 heavy (non-hydrogen) atoms. The number of alkyl carbamates (subject to hydrolysis) is 1. The number of hydrogen-bond acceptors (Lipinski definition) is 5. The molecule has 0 aromatic rings. The molecule has 1 amide bonds. The first-order valence-electron chi connectivity index (χ1n) is 6.04. The lowest BCUT2D eigenvalue weighted by atomic mass is 10.0. The molecular formula is C12H21F2NO5. The summed E-state index contributed by atoms with van der Waals surface area (Å²) in [5, 5.41) is 2.29. The second-order valence-corrected chi connectivity index (χ2v) is 5.22. The summed E-state index contributed by atoms with van der Waals surface area (Å²) in [4.78, 5) is 23.2. The van der Waals surface area contributed by atoms with Gasteiger partial charge in [0.2, 0.25) is 0 Å². The van der Waals surface area contributed by atoms with Gasteiger partial charge in [-0.25, -0.2) is 9.59 Å². The van der Waals surface area contributed by atoms with Gasteiger partial charge >= 0.3 is 18.7 Å². The van der Waals surface area contributed by atoms with Crippen molar-refractivity contribution in [1.29, 1.82) is 0 Å². The summed E-state index contributed by atoms with van der Waals surface area (Å²) < 4.78 is 37.6. The highest BCUT2D eigenvalue weighted by Gasteiger charge is 2.30. The summed E-state index contributed by atoms with van der Waals surface area (Å²) in [6, 6.07) is -1.13. The molecule has 118 valence electrons. The molecule has 0 aromatic carbocycles. The van der Waals surface area contributed by atoms with E-state index < -0.39 is 42.8 Å². The molecule has 0 aliphatic rings. The second kappa shape index (κ2) is 7.98. The number of amides is 1. The van der Waals surface area contributed by atoms with Crippen LogP contribution >= 0.6 is 0 Å². The number of esters is 1. The molecule has 0 spiro atoms. The first-order chi connectivity index (χ1) is 9.06. The quantitative estimate of drug-likeness (QED) is 0.758. The van der Waals surface area contributed by atoms with E-state index in [-0.39, 0.29) is 0 Å². The monoisotopic (exact) mass is 297 g/mol. The van der Waals surface area contributed by atoms with Crippen LogP contribution in [-0.2, 0) is 19.0 Å². The van der Waals surface area contributed by atoms with Crippen LogP contribution in [0.4, 0.5) is 13.6 Å². The molecule has 0 saturated heterocycles. The summed E-state index contributed by atoms with van der Waals surface area (Å²) in [6.07, 6.45) is -0.836. The third kappa shape index (κ3) is 7.88. The van der Waals surface area contributed by atoms with E-state index in [0.29, 0.717) is 0 Å². The summed E-state index contributed by atoms with van der Waals surface area (Å²) in [7, 11) is 1.13. The van der Waals surface area contributed by atoms with Gasteiger partial charge in [0.25, 0.3) is 0 Å². The highest BCUT2D eigenvalue weighted by Crippen LogP contribution is 2.11. The zero-order valence-electron chi connectivity index (χ0n) is 12.2. The van der Waals surface area contributed by atoms with Gasteiger partial charge in [-0.1, -0.05) is 6.92 Å². The van der Waals surface area contributed by atoms with Crippen molar-refractivity contribution in [3.8, 4) is 0 Å². The van der Waals surface area contributed by atoms with Crippen molar-refractivity contribution in [2.24, 2.45) is 5.92 Å². The second-order valence-electron chi connectivity index (χ2n) is 5.22. The van der Waals surface area contributed by atoms with E-state index in [1.807, 2.05) is 0 Å². The number of halogens is 2. The standard InChI is InChI=1S/C12H21F2NO5/c1-7(6-19-10(13)14)8(9(16)18-5)15-11(17)20-12(2,3)4/h7-8,10H,6H2,1-5H3,(H,15,17)/t7-,8-/m0/s1. The Morgan fingerprint density at radius 2 is 1.80 bits per heavy atom. The molecule has 2 atom stereocenters. The van der Waals surface area contributed by atoms with Crippen LogP contribution in [-0.4, -0.2) is 44.0 Å². The predicted octanol–water partition coefficient (Wildman–Crippen LogP) is 1.93. The summed E-state index contributed by atoms with van der Waals surface area (Å²) in [5.74, 6) is -1.47. The van der Waals surface area contributed by atoms with Crippen LogP contribution in [0.5, 0.6) is 0 Å². The van der Waals surface area contributed by atoms with Crippen LogP contribution in [0.15, 0.2) is 0 Å². The Morgan fingerprint density at radius 1 is 1.25 bits per heavy atom. The number of nitrogens with one attached hydrogen (secondary N) is 1. The maximum atomic E-state index is 12.0. The lowest BCUT2D eigenvalue weighted by Crippen LogP contribution is -2.48. The topological polar surface area (TPSA) is 73.9 Å². The molecule has 8 heteroatoms. The van der Waals surface area contributed by atoms with Gasteiger partial charge in [0, 0.05) is 5.92 Å². The van der Waals surface area contributed by atoms with Crippen LogP contribution < -0.4 is 5.32 Å². The summed E-state index contributed by atoms with van der Waals surface area (Å²) in [6.45, 7) is 3.08. The minimum atomic E-state index is -2.95. The van der Waals surface area contributed by atoms with Crippen molar-refractivity contribution in [2.75, 3.05) is 13.7 Å². The van der Waals surface area contributed by atoms with E-state index in [4.69, 9.17) is 4.74 Å². The SMILES string of the molecule is COC(=O)[C@@H](NC(=O)OC(C)(C)C)[C@@H](C)COC(F)F. The van der Waals surface area contributed by atoms with Gasteiger partial charge < -0.3 is 19.5 Å². The molecule has 6 nitrogen and oxygen atoms in total. The van der Waals surface area contributed by atoms with Gasteiger partial charge in [0.1, 0.15) is 11.6 Å². The Morgan fingerprint density at radius 3 is 2.20 bits per heavy atom. The first-order valence-corrected chi connectivity index (χ1v) is 6.04. The number of rotatable bonds is 6. The zero-order valence-corrected chi connectivity index (χ0v) is 12.2. The van der Waals surface area contributed by atoms with E-state index in [9.17, 15) is 18.4 Å². The Hall–Kier alpha value is -1.44. The normalized spacial score (nSPS) is 14.6. The maximum absolute atomic E-state index is 12.0. The molecule has 0 saturated carbocycles. The van der Waals surface area contributed by atoms with Crippen molar-refractivity contribution in [3.63, 3.8) is 0 Å². The van der Waals surface area contributed by atoms with E-state index in [2.05, 4.69) is 14.8 Å². The fourth-order valence-corrected chi connectivity index (χ4v) is 1.32. The van der Waals surface area contributed by atoms with Crippen molar-refractivity contribution in [2.45, 2.75) is 45.9 Å². The van der Waals surface area contributed by atoms with Gasteiger partial charge in [-0.2, -0.15) is 8.78 Å². The lowest BCUT2D eigenvalue weighted by Gasteiger charge is -2.25. The van der Waals surface area contributed by atoms with E-state index in [1.54, 1.807) is 20.8 Å². The molecule has 0 rings (SSSR count). The third-order valence-corrected chi connectivity index (χ3v) is 2.18. The number of methoxy groups -OCH3 is 1. The molecule has 0 fully saturated rings. The number of carbonyl (C=O) groups is 2. The lowest BCUT2D eigenvalue weighted by molar-refractivity contribution is -0.153. The van der Waals surface area contributed by atoms with Crippen molar-refractivity contribution in [1.82, 2.24) is 5.32 Å². The maximum Gasteiger partial charge on any atom is 0.408 e. The Bertz CT molecular complexity index is 330. The first kappa shape index (κ1) is 18.6.